The summed E-state index contributed by atoms with van der Waals surface area (Å²) in [6.45, 7) is 5.60. The molecule has 0 radical (unpaired) electrons. The zero-order valence-electron chi connectivity index (χ0n) is 14.2. The van der Waals surface area contributed by atoms with Crippen LogP contribution in [-0.2, 0) is 11.3 Å². The third-order valence-corrected chi connectivity index (χ3v) is 5.50. The molecule has 1 unspecified atom stereocenters. The van der Waals surface area contributed by atoms with E-state index in [4.69, 9.17) is 4.74 Å². The van der Waals surface area contributed by atoms with Crippen molar-refractivity contribution in [2.45, 2.75) is 32.9 Å². The van der Waals surface area contributed by atoms with E-state index in [2.05, 4.69) is 22.3 Å². The van der Waals surface area contributed by atoms with E-state index in [0.29, 0.717) is 13.0 Å². The van der Waals surface area contributed by atoms with Gasteiger partial charge in [0.1, 0.15) is 11.9 Å². The van der Waals surface area contributed by atoms with Gasteiger partial charge in [-0.25, -0.2) is 4.98 Å². The molecule has 0 spiro atoms. The van der Waals surface area contributed by atoms with Gasteiger partial charge in [0.15, 0.2) is 0 Å². The highest BCUT2D eigenvalue weighted by Gasteiger charge is 2.28. The fourth-order valence-electron chi connectivity index (χ4n) is 3.12. The molecule has 1 saturated heterocycles. The Morgan fingerprint density at radius 1 is 1.48 bits per heavy atom. The Morgan fingerprint density at radius 2 is 2.36 bits per heavy atom. The summed E-state index contributed by atoms with van der Waals surface area (Å²) in [6, 6.07) is 6.08. The van der Waals surface area contributed by atoms with Crippen molar-refractivity contribution in [3.05, 3.63) is 29.9 Å². The maximum atomic E-state index is 11.5. The number of carbonyl (C=O) groups excluding carboxylic acids is 1. The minimum Gasteiger partial charge on any atom is -0.489 e. The summed E-state index contributed by atoms with van der Waals surface area (Å²) in [5.41, 5.74) is 4.65. The molecular weight excluding hydrogens is 336 g/mol. The van der Waals surface area contributed by atoms with Gasteiger partial charge >= 0.3 is 0 Å². The summed E-state index contributed by atoms with van der Waals surface area (Å²) in [5, 5.41) is 7.45. The highest BCUT2D eigenvalue weighted by molar-refractivity contribution is 7.17. The van der Waals surface area contributed by atoms with E-state index in [1.54, 1.807) is 11.3 Å². The van der Waals surface area contributed by atoms with Crippen molar-refractivity contribution in [1.82, 2.24) is 20.1 Å². The van der Waals surface area contributed by atoms with E-state index in [9.17, 15) is 4.79 Å². The first kappa shape index (κ1) is 16.1. The summed E-state index contributed by atoms with van der Waals surface area (Å²) in [6.07, 6.45) is 2.44. The summed E-state index contributed by atoms with van der Waals surface area (Å²) in [5.74, 6) is 1.11. The minimum absolute atomic E-state index is 0.0484. The molecule has 6 nitrogen and oxygen atoms in total. The van der Waals surface area contributed by atoms with Gasteiger partial charge in [-0.3, -0.25) is 9.48 Å². The fourth-order valence-corrected chi connectivity index (χ4v) is 3.85. The van der Waals surface area contributed by atoms with Gasteiger partial charge in [0.2, 0.25) is 5.91 Å². The van der Waals surface area contributed by atoms with Crippen LogP contribution in [0.1, 0.15) is 20.3 Å². The Hall–Kier alpha value is -2.41. The van der Waals surface area contributed by atoms with Crippen LogP contribution in [0.15, 0.2) is 29.9 Å². The van der Waals surface area contributed by atoms with Crippen LogP contribution >= 0.6 is 11.3 Å². The predicted molar refractivity (Wildman–Crippen MR) is 97.7 cm³/mol. The molecule has 4 rings (SSSR count). The van der Waals surface area contributed by atoms with Crippen LogP contribution in [0.4, 0.5) is 0 Å². The highest BCUT2D eigenvalue weighted by Crippen LogP contribution is 2.35. The number of ether oxygens (including phenoxy) is 1. The van der Waals surface area contributed by atoms with Crippen molar-refractivity contribution in [3.8, 4) is 17.0 Å². The number of aromatic nitrogens is 3. The van der Waals surface area contributed by atoms with Crippen LogP contribution in [0.3, 0.4) is 0 Å². The van der Waals surface area contributed by atoms with Gasteiger partial charge in [0, 0.05) is 37.2 Å². The smallest absolute Gasteiger partial charge is 0.220 e. The molecule has 0 saturated carbocycles. The number of carbonyl (C=O) groups is 1. The van der Waals surface area contributed by atoms with Crippen LogP contribution in [-0.4, -0.2) is 33.3 Å². The maximum Gasteiger partial charge on any atom is 0.220 e. The zero-order valence-corrected chi connectivity index (χ0v) is 15.0. The number of fused-ring (bicyclic) bond motifs is 1. The third kappa shape index (κ3) is 3.11. The first-order chi connectivity index (χ1) is 12.1. The second kappa shape index (κ2) is 6.48. The van der Waals surface area contributed by atoms with Crippen LogP contribution in [0, 0.1) is 5.92 Å². The lowest BCUT2D eigenvalue weighted by Crippen LogP contribution is -2.25. The standard InChI is InChI=1S/C18H20N4O2S/c1-3-22-5-4-14(21-22)12-6-15-18(25-10-20-15)16(7-12)24-11(2)13-8-17(23)19-9-13/h4-7,10-11,13H,3,8-9H2,1-2H3,(H,19,23)/t11-,13?/m0/s1. The number of nitrogens with one attached hydrogen (secondary N) is 1. The minimum atomic E-state index is -0.0484. The second-order valence-electron chi connectivity index (χ2n) is 6.32. The third-order valence-electron chi connectivity index (χ3n) is 4.64. The molecule has 1 aliphatic rings. The summed E-state index contributed by atoms with van der Waals surface area (Å²) in [7, 11) is 0. The van der Waals surface area contributed by atoms with Crippen LogP contribution in [0.25, 0.3) is 21.5 Å². The fraction of sp³-hybridized carbons (Fsp3) is 0.389. The number of hydrogen-bond acceptors (Lipinski definition) is 5. The van der Waals surface area contributed by atoms with E-state index in [1.807, 2.05) is 41.5 Å². The Bertz CT molecular complexity index is 917. The molecule has 1 aliphatic heterocycles. The molecule has 1 fully saturated rings. The van der Waals surface area contributed by atoms with Crippen molar-refractivity contribution in [3.63, 3.8) is 0 Å². The Morgan fingerprint density at radius 3 is 3.08 bits per heavy atom. The first-order valence-electron chi connectivity index (χ1n) is 8.48. The SMILES string of the molecule is CCn1ccc(-c2cc(O[C@@H](C)C3CNC(=O)C3)c3scnc3c2)n1. The molecule has 1 aromatic carbocycles. The molecule has 25 heavy (non-hydrogen) atoms. The van der Waals surface area contributed by atoms with Crippen molar-refractivity contribution >= 4 is 27.5 Å². The van der Waals surface area contributed by atoms with E-state index in [0.717, 1.165) is 33.8 Å². The summed E-state index contributed by atoms with van der Waals surface area (Å²) >= 11 is 1.57. The lowest BCUT2D eigenvalue weighted by molar-refractivity contribution is -0.119. The number of nitrogens with zero attached hydrogens (tertiary/aromatic N) is 3. The van der Waals surface area contributed by atoms with Crippen LogP contribution < -0.4 is 10.1 Å². The molecule has 1 N–H and O–H groups in total. The molecule has 2 atom stereocenters. The molecule has 7 heteroatoms. The van der Waals surface area contributed by atoms with Crippen molar-refractivity contribution < 1.29 is 9.53 Å². The molecule has 0 bridgehead atoms. The Labute approximate surface area is 149 Å². The maximum absolute atomic E-state index is 11.5. The number of aryl methyl sites for hydroxylation is 1. The average Bonchev–Trinajstić information content (AvgIpc) is 3.34. The molecule has 3 aromatic rings. The van der Waals surface area contributed by atoms with Gasteiger partial charge in [-0.1, -0.05) is 0 Å². The Kier molecular flexibility index (Phi) is 4.17. The molecule has 2 aromatic heterocycles. The summed E-state index contributed by atoms with van der Waals surface area (Å²) < 4.78 is 9.19. The van der Waals surface area contributed by atoms with Crippen LogP contribution in [0.2, 0.25) is 0 Å². The van der Waals surface area contributed by atoms with Crippen molar-refractivity contribution in [2.75, 3.05) is 6.54 Å². The lowest BCUT2D eigenvalue weighted by atomic mass is 10.0. The average molecular weight is 356 g/mol. The van der Waals surface area contributed by atoms with E-state index in [1.165, 1.54) is 0 Å². The highest BCUT2D eigenvalue weighted by atomic mass is 32.1. The van der Waals surface area contributed by atoms with Gasteiger partial charge in [0.05, 0.1) is 21.4 Å². The molecular formula is C18H20N4O2S. The van der Waals surface area contributed by atoms with Crippen LogP contribution in [0.5, 0.6) is 5.75 Å². The summed E-state index contributed by atoms with van der Waals surface area (Å²) in [4.78, 5) is 15.9. The molecule has 130 valence electrons. The van der Waals surface area contributed by atoms with Gasteiger partial charge in [-0.2, -0.15) is 5.10 Å². The van der Waals surface area contributed by atoms with E-state index in [-0.39, 0.29) is 17.9 Å². The monoisotopic (exact) mass is 356 g/mol. The second-order valence-corrected chi connectivity index (χ2v) is 7.18. The topological polar surface area (TPSA) is 69.0 Å². The van der Waals surface area contributed by atoms with E-state index < -0.39 is 0 Å². The molecule has 1 amide bonds. The van der Waals surface area contributed by atoms with Gasteiger partial charge < -0.3 is 10.1 Å². The molecule has 0 aliphatic carbocycles. The van der Waals surface area contributed by atoms with Gasteiger partial charge in [0.25, 0.3) is 0 Å². The first-order valence-corrected chi connectivity index (χ1v) is 9.36. The number of hydrogen-bond donors (Lipinski definition) is 1. The number of amides is 1. The number of thiazole rings is 1. The van der Waals surface area contributed by atoms with E-state index >= 15 is 0 Å². The number of rotatable bonds is 5. The lowest BCUT2D eigenvalue weighted by Gasteiger charge is -2.20. The van der Waals surface area contributed by atoms with Gasteiger partial charge in [-0.05, 0) is 32.0 Å². The quantitative estimate of drug-likeness (QED) is 0.763. The Balaban J connectivity index is 1.67. The normalized spacial score (nSPS) is 18.5. The molecule has 3 heterocycles. The largest absolute Gasteiger partial charge is 0.489 e. The predicted octanol–water partition coefficient (Wildman–Crippen LogP) is 3.08. The number of benzene rings is 1. The zero-order chi connectivity index (χ0) is 17.4. The van der Waals surface area contributed by atoms with Gasteiger partial charge in [-0.15, -0.1) is 11.3 Å². The van der Waals surface area contributed by atoms with Crippen molar-refractivity contribution in [2.24, 2.45) is 5.92 Å². The van der Waals surface area contributed by atoms with Crippen molar-refractivity contribution in [1.29, 1.82) is 0 Å².